The van der Waals surface area contributed by atoms with E-state index in [0.717, 1.165) is 25.7 Å². The van der Waals surface area contributed by atoms with Gasteiger partial charge in [0.05, 0.1) is 5.69 Å². The van der Waals surface area contributed by atoms with Crippen molar-refractivity contribution in [3.8, 4) is 0 Å². The molecule has 2 atom stereocenters. The molecule has 2 fully saturated rings. The molecule has 102 valence electrons. The number of likely N-dealkylation sites (tertiary alicyclic amines) is 1. The number of nitrogens with zero attached hydrogens (tertiary/aromatic N) is 2. The zero-order valence-electron chi connectivity index (χ0n) is 11.1. The molecule has 0 radical (unpaired) electrons. The van der Waals surface area contributed by atoms with Gasteiger partial charge in [-0.3, -0.25) is 9.59 Å². The van der Waals surface area contributed by atoms with Gasteiger partial charge in [0, 0.05) is 31.0 Å². The van der Waals surface area contributed by atoms with E-state index in [9.17, 15) is 9.59 Å². The molecule has 0 N–H and O–H groups in total. The molecule has 1 aromatic rings. The first kappa shape index (κ1) is 12.4. The molecule has 19 heavy (non-hydrogen) atoms. The lowest BCUT2D eigenvalue weighted by molar-refractivity contribution is -0.121. The standard InChI is InChI=1S/C14H18N2O3/c1-9-8-13(19-15-9)14(18)16-7-3-5-11(16)10-4-2-6-12(10)17/h8,10-11H,2-7H2,1H3. The van der Waals surface area contributed by atoms with Crippen molar-refractivity contribution in [1.29, 1.82) is 0 Å². The molecule has 1 saturated heterocycles. The number of hydrogen-bond donors (Lipinski definition) is 0. The third kappa shape index (κ3) is 2.17. The first-order chi connectivity index (χ1) is 9.16. The summed E-state index contributed by atoms with van der Waals surface area (Å²) in [6.07, 6.45) is 4.44. The van der Waals surface area contributed by atoms with Gasteiger partial charge in [0.2, 0.25) is 5.76 Å². The Morgan fingerprint density at radius 3 is 2.89 bits per heavy atom. The van der Waals surface area contributed by atoms with Crippen LogP contribution >= 0.6 is 0 Å². The summed E-state index contributed by atoms with van der Waals surface area (Å²) >= 11 is 0. The van der Waals surface area contributed by atoms with Gasteiger partial charge in [-0.15, -0.1) is 0 Å². The molecule has 5 nitrogen and oxygen atoms in total. The molecular weight excluding hydrogens is 244 g/mol. The van der Waals surface area contributed by atoms with E-state index in [1.807, 2.05) is 4.90 Å². The van der Waals surface area contributed by atoms with Crippen molar-refractivity contribution in [2.75, 3.05) is 6.54 Å². The van der Waals surface area contributed by atoms with Gasteiger partial charge >= 0.3 is 0 Å². The predicted octanol–water partition coefficient (Wildman–Crippen LogP) is 1.96. The zero-order chi connectivity index (χ0) is 13.4. The van der Waals surface area contributed by atoms with Crippen LogP contribution in [0.1, 0.15) is 48.4 Å². The van der Waals surface area contributed by atoms with Gasteiger partial charge in [0.15, 0.2) is 0 Å². The lowest BCUT2D eigenvalue weighted by Crippen LogP contribution is -2.41. The lowest BCUT2D eigenvalue weighted by Gasteiger charge is -2.27. The second-order valence-corrected chi connectivity index (χ2v) is 5.51. The first-order valence-corrected chi connectivity index (χ1v) is 6.94. The van der Waals surface area contributed by atoms with Crippen molar-refractivity contribution in [3.05, 3.63) is 17.5 Å². The van der Waals surface area contributed by atoms with E-state index in [4.69, 9.17) is 4.52 Å². The van der Waals surface area contributed by atoms with Crippen LogP contribution < -0.4 is 0 Å². The highest BCUT2D eigenvalue weighted by molar-refractivity contribution is 5.93. The van der Waals surface area contributed by atoms with Gasteiger partial charge in [-0.25, -0.2) is 0 Å². The number of aryl methyl sites for hydroxylation is 1. The highest BCUT2D eigenvalue weighted by Gasteiger charge is 2.40. The number of ketones is 1. The maximum atomic E-state index is 12.4. The number of aromatic nitrogens is 1. The Morgan fingerprint density at radius 2 is 2.26 bits per heavy atom. The number of rotatable bonds is 2. The van der Waals surface area contributed by atoms with Crippen LogP contribution in [0, 0.1) is 12.8 Å². The minimum absolute atomic E-state index is 0.0375. The van der Waals surface area contributed by atoms with E-state index >= 15 is 0 Å². The predicted molar refractivity (Wildman–Crippen MR) is 67.6 cm³/mol. The van der Waals surface area contributed by atoms with Gasteiger partial charge in [0.25, 0.3) is 5.91 Å². The van der Waals surface area contributed by atoms with Gasteiger partial charge < -0.3 is 9.42 Å². The van der Waals surface area contributed by atoms with Crippen LogP contribution in [-0.2, 0) is 4.79 Å². The van der Waals surface area contributed by atoms with Crippen molar-refractivity contribution in [3.63, 3.8) is 0 Å². The summed E-state index contributed by atoms with van der Waals surface area (Å²) < 4.78 is 5.05. The smallest absolute Gasteiger partial charge is 0.292 e. The topological polar surface area (TPSA) is 63.4 Å². The van der Waals surface area contributed by atoms with Crippen LogP contribution in [0.5, 0.6) is 0 Å². The summed E-state index contributed by atoms with van der Waals surface area (Å²) in [4.78, 5) is 26.1. The van der Waals surface area contributed by atoms with Crippen molar-refractivity contribution in [1.82, 2.24) is 10.1 Å². The van der Waals surface area contributed by atoms with E-state index in [1.165, 1.54) is 0 Å². The largest absolute Gasteiger partial charge is 0.351 e. The monoisotopic (exact) mass is 262 g/mol. The van der Waals surface area contributed by atoms with E-state index in [-0.39, 0.29) is 23.6 Å². The van der Waals surface area contributed by atoms with Gasteiger partial charge in [-0.05, 0) is 32.6 Å². The second kappa shape index (κ2) is 4.79. The van der Waals surface area contributed by atoms with E-state index < -0.39 is 0 Å². The highest BCUT2D eigenvalue weighted by Crippen LogP contribution is 2.34. The van der Waals surface area contributed by atoms with Gasteiger partial charge in [-0.2, -0.15) is 0 Å². The van der Waals surface area contributed by atoms with Crippen molar-refractivity contribution in [2.24, 2.45) is 5.92 Å². The Bertz CT molecular complexity index is 509. The fraction of sp³-hybridized carbons (Fsp3) is 0.643. The number of hydrogen-bond acceptors (Lipinski definition) is 4. The number of Topliss-reactive ketones (excluding diaryl/α,β-unsaturated/α-hetero) is 1. The fourth-order valence-electron chi connectivity index (χ4n) is 3.32. The number of carbonyl (C=O) groups excluding carboxylic acids is 2. The molecule has 1 aromatic heterocycles. The first-order valence-electron chi connectivity index (χ1n) is 6.94. The summed E-state index contributed by atoms with van der Waals surface area (Å²) in [6.45, 7) is 2.51. The molecule has 2 heterocycles. The zero-order valence-corrected chi connectivity index (χ0v) is 11.1. The molecule has 2 unspecified atom stereocenters. The SMILES string of the molecule is Cc1cc(C(=O)N2CCCC2C2CCCC2=O)on1. The molecule has 1 amide bonds. The average Bonchev–Trinajstić information content (AvgIpc) is 3.07. The quantitative estimate of drug-likeness (QED) is 0.817. The maximum Gasteiger partial charge on any atom is 0.292 e. The molecule has 5 heteroatoms. The van der Waals surface area contributed by atoms with Crippen molar-refractivity contribution >= 4 is 11.7 Å². The fourth-order valence-corrected chi connectivity index (χ4v) is 3.32. The molecule has 0 bridgehead atoms. The Morgan fingerprint density at radius 1 is 1.42 bits per heavy atom. The van der Waals surface area contributed by atoms with Crippen molar-refractivity contribution in [2.45, 2.75) is 45.1 Å². The van der Waals surface area contributed by atoms with Crippen LogP contribution in [0.25, 0.3) is 0 Å². The Labute approximate surface area is 111 Å². The average molecular weight is 262 g/mol. The molecule has 1 aliphatic heterocycles. The summed E-state index contributed by atoms with van der Waals surface area (Å²) in [7, 11) is 0. The van der Waals surface area contributed by atoms with E-state index in [1.54, 1.807) is 13.0 Å². The highest BCUT2D eigenvalue weighted by atomic mass is 16.5. The minimum atomic E-state index is -0.122. The van der Waals surface area contributed by atoms with Crippen LogP contribution in [0.15, 0.2) is 10.6 Å². The summed E-state index contributed by atoms with van der Waals surface area (Å²) in [6, 6.07) is 1.72. The van der Waals surface area contributed by atoms with Crippen LogP contribution in [0.2, 0.25) is 0 Å². The molecular formula is C14H18N2O3. The molecule has 1 saturated carbocycles. The van der Waals surface area contributed by atoms with Gasteiger partial charge in [0.1, 0.15) is 5.78 Å². The minimum Gasteiger partial charge on any atom is -0.351 e. The summed E-state index contributed by atoms with van der Waals surface area (Å²) in [5, 5.41) is 3.76. The molecule has 1 aliphatic carbocycles. The number of carbonyl (C=O) groups is 2. The molecule has 0 aromatic carbocycles. The molecule has 3 rings (SSSR count). The maximum absolute atomic E-state index is 12.4. The van der Waals surface area contributed by atoms with Gasteiger partial charge in [-0.1, -0.05) is 5.16 Å². The Kier molecular flexibility index (Phi) is 3.12. The van der Waals surface area contributed by atoms with Crippen LogP contribution in [0.3, 0.4) is 0 Å². The van der Waals surface area contributed by atoms with Crippen LogP contribution in [0.4, 0.5) is 0 Å². The third-order valence-electron chi connectivity index (χ3n) is 4.22. The molecule has 0 spiro atoms. The Balaban J connectivity index is 1.79. The van der Waals surface area contributed by atoms with Crippen LogP contribution in [-0.4, -0.2) is 34.3 Å². The lowest BCUT2D eigenvalue weighted by atomic mass is 9.95. The van der Waals surface area contributed by atoms with Crippen molar-refractivity contribution < 1.29 is 14.1 Å². The second-order valence-electron chi connectivity index (χ2n) is 5.51. The van der Waals surface area contributed by atoms with E-state index in [0.29, 0.717) is 24.4 Å². The third-order valence-corrected chi connectivity index (χ3v) is 4.22. The normalized spacial score (nSPS) is 27.2. The molecule has 2 aliphatic rings. The Hall–Kier alpha value is -1.65. The summed E-state index contributed by atoms with van der Waals surface area (Å²) in [5.41, 5.74) is 0.705. The van der Waals surface area contributed by atoms with E-state index in [2.05, 4.69) is 5.16 Å². The number of amides is 1. The summed E-state index contributed by atoms with van der Waals surface area (Å²) in [5.74, 6) is 0.520.